The van der Waals surface area contributed by atoms with E-state index in [1.165, 1.54) is 61.1 Å². The second kappa shape index (κ2) is 10.4. The molecule has 1 heterocycles. The predicted molar refractivity (Wildman–Crippen MR) is 87.9 cm³/mol. The zero-order valence-electron chi connectivity index (χ0n) is 12.8. The van der Waals surface area contributed by atoms with Crippen LogP contribution in [0.3, 0.4) is 0 Å². The normalized spacial score (nSPS) is 12.8. The summed E-state index contributed by atoms with van der Waals surface area (Å²) in [6.07, 6.45) is 13.3. The van der Waals surface area contributed by atoms with Gasteiger partial charge in [0.2, 0.25) is 0 Å². The van der Waals surface area contributed by atoms with E-state index in [0.717, 1.165) is 12.8 Å². The Kier molecular flexibility index (Phi) is 9.19. The van der Waals surface area contributed by atoms with Crippen LogP contribution in [0.1, 0.15) is 87.4 Å². The first-order valence-electron chi connectivity index (χ1n) is 8.12. The minimum atomic E-state index is 0.269. The molecule has 1 unspecified atom stereocenters. The molecule has 1 aromatic rings. The summed E-state index contributed by atoms with van der Waals surface area (Å²) in [6, 6.07) is 4.72. The summed E-state index contributed by atoms with van der Waals surface area (Å²) < 4.78 is 0. The lowest BCUT2D eigenvalue weighted by Gasteiger charge is -2.09. The van der Waals surface area contributed by atoms with E-state index in [0.29, 0.717) is 0 Å². The molecular formula is C17H31NS. The highest BCUT2D eigenvalue weighted by molar-refractivity contribution is 7.12. The lowest BCUT2D eigenvalue weighted by Crippen LogP contribution is -2.08. The number of rotatable bonds is 11. The van der Waals surface area contributed by atoms with E-state index in [9.17, 15) is 0 Å². The Morgan fingerprint density at radius 3 is 2.16 bits per heavy atom. The smallest absolute Gasteiger partial charge is 0.0389 e. The zero-order valence-corrected chi connectivity index (χ0v) is 13.6. The monoisotopic (exact) mass is 281 g/mol. The van der Waals surface area contributed by atoms with Gasteiger partial charge in [0.15, 0.2) is 0 Å². The van der Waals surface area contributed by atoms with Crippen LogP contribution in [0.5, 0.6) is 0 Å². The molecule has 1 rings (SSSR count). The quantitative estimate of drug-likeness (QED) is 0.506. The molecule has 1 aromatic heterocycles. The molecule has 0 aromatic carbocycles. The van der Waals surface area contributed by atoms with Crippen LogP contribution >= 0.6 is 11.3 Å². The maximum atomic E-state index is 6.25. The van der Waals surface area contributed by atoms with E-state index in [-0.39, 0.29) is 6.04 Å². The summed E-state index contributed by atoms with van der Waals surface area (Å²) >= 11 is 1.89. The van der Waals surface area contributed by atoms with Gasteiger partial charge in [-0.1, -0.05) is 65.2 Å². The third-order valence-corrected chi connectivity index (χ3v) is 5.13. The average molecular weight is 282 g/mol. The number of thiophene rings is 1. The van der Waals surface area contributed by atoms with E-state index in [2.05, 4.69) is 26.0 Å². The molecule has 0 fully saturated rings. The van der Waals surface area contributed by atoms with Crippen molar-refractivity contribution in [2.45, 2.75) is 84.1 Å². The van der Waals surface area contributed by atoms with Crippen LogP contribution in [0.2, 0.25) is 0 Å². The van der Waals surface area contributed by atoms with Gasteiger partial charge in [-0.05, 0) is 25.0 Å². The first-order valence-corrected chi connectivity index (χ1v) is 8.93. The zero-order chi connectivity index (χ0) is 13.9. The highest BCUT2D eigenvalue weighted by atomic mass is 32.1. The van der Waals surface area contributed by atoms with Gasteiger partial charge in [-0.15, -0.1) is 11.3 Å². The lowest BCUT2D eigenvalue weighted by molar-refractivity contribution is 0.539. The number of unbranched alkanes of at least 4 members (excludes halogenated alkanes) is 7. The Morgan fingerprint density at radius 2 is 1.58 bits per heavy atom. The van der Waals surface area contributed by atoms with E-state index in [1.54, 1.807) is 0 Å². The van der Waals surface area contributed by atoms with Crippen molar-refractivity contribution in [3.63, 3.8) is 0 Å². The summed E-state index contributed by atoms with van der Waals surface area (Å²) in [5.74, 6) is 0. The highest BCUT2D eigenvalue weighted by Crippen LogP contribution is 2.25. The first-order chi connectivity index (χ1) is 9.27. The van der Waals surface area contributed by atoms with Gasteiger partial charge in [0.1, 0.15) is 0 Å². The third kappa shape index (κ3) is 7.12. The minimum absolute atomic E-state index is 0.269. The predicted octanol–water partition coefficient (Wildman–Crippen LogP) is 5.84. The topological polar surface area (TPSA) is 26.0 Å². The van der Waals surface area contributed by atoms with Crippen molar-refractivity contribution in [3.8, 4) is 0 Å². The summed E-state index contributed by atoms with van der Waals surface area (Å²) in [5.41, 5.74) is 6.25. The van der Waals surface area contributed by atoms with Crippen LogP contribution in [0.15, 0.2) is 12.1 Å². The Balaban J connectivity index is 2.02. The largest absolute Gasteiger partial charge is 0.323 e. The summed E-state index contributed by atoms with van der Waals surface area (Å²) in [6.45, 7) is 4.48. The Labute approximate surface area is 123 Å². The molecular weight excluding hydrogens is 250 g/mol. The van der Waals surface area contributed by atoms with Crippen LogP contribution < -0.4 is 5.73 Å². The maximum absolute atomic E-state index is 6.25. The van der Waals surface area contributed by atoms with Crippen LogP contribution in [0.25, 0.3) is 0 Å². The Morgan fingerprint density at radius 1 is 0.947 bits per heavy atom. The average Bonchev–Trinajstić information content (AvgIpc) is 2.90. The van der Waals surface area contributed by atoms with Gasteiger partial charge in [0.05, 0.1) is 0 Å². The molecule has 0 saturated heterocycles. The van der Waals surface area contributed by atoms with Crippen molar-refractivity contribution >= 4 is 11.3 Å². The van der Waals surface area contributed by atoms with Crippen molar-refractivity contribution in [2.24, 2.45) is 5.73 Å². The van der Waals surface area contributed by atoms with Gasteiger partial charge in [0, 0.05) is 15.8 Å². The molecule has 2 N–H and O–H groups in total. The first kappa shape index (κ1) is 16.7. The van der Waals surface area contributed by atoms with E-state index in [1.807, 2.05) is 11.3 Å². The highest BCUT2D eigenvalue weighted by Gasteiger charge is 2.08. The van der Waals surface area contributed by atoms with E-state index < -0.39 is 0 Å². The van der Waals surface area contributed by atoms with Gasteiger partial charge < -0.3 is 5.73 Å². The molecule has 2 heteroatoms. The number of nitrogens with two attached hydrogens (primary N) is 1. The van der Waals surface area contributed by atoms with E-state index >= 15 is 0 Å². The van der Waals surface area contributed by atoms with Crippen molar-refractivity contribution < 1.29 is 0 Å². The van der Waals surface area contributed by atoms with Crippen molar-refractivity contribution in [1.29, 1.82) is 0 Å². The molecule has 0 amide bonds. The molecule has 1 nitrogen and oxygen atoms in total. The van der Waals surface area contributed by atoms with Crippen LogP contribution in [-0.2, 0) is 6.42 Å². The second-order valence-corrected chi connectivity index (χ2v) is 6.73. The minimum Gasteiger partial charge on any atom is -0.323 e. The number of aryl methyl sites for hydroxylation is 1. The van der Waals surface area contributed by atoms with Gasteiger partial charge in [-0.25, -0.2) is 0 Å². The SMILES string of the molecule is CCCCCCCCCCC(N)c1ccc(CC)s1. The molecule has 0 radical (unpaired) electrons. The standard InChI is InChI=1S/C17H31NS/c1-3-5-6-7-8-9-10-11-12-16(18)17-14-13-15(4-2)19-17/h13-14,16H,3-12,18H2,1-2H3. The molecule has 110 valence electrons. The Bertz CT molecular complexity index is 319. The van der Waals surface area contributed by atoms with Crippen molar-refractivity contribution in [2.75, 3.05) is 0 Å². The van der Waals surface area contributed by atoms with Gasteiger partial charge in [-0.2, -0.15) is 0 Å². The molecule has 0 bridgehead atoms. The summed E-state index contributed by atoms with van der Waals surface area (Å²) in [7, 11) is 0. The fraction of sp³-hybridized carbons (Fsp3) is 0.765. The number of hydrogen-bond acceptors (Lipinski definition) is 2. The molecule has 0 aliphatic rings. The lowest BCUT2D eigenvalue weighted by atomic mass is 10.0. The van der Waals surface area contributed by atoms with Crippen LogP contribution in [0.4, 0.5) is 0 Å². The molecule has 0 spiro atoms. The Hall–Kier alpha value is -0.340. The van der Waals surface area contributed by atoms with Crippen LogP contribution in [0, 0.1) is 0 Å². The van der Waals surface area contributed by atoms with Gasteiger partial charge in [-0.3, -0.25) is 0 Å². The molecule has 0 aliphatic carbocycles. The molecule has 0 aliphatic heterocycles. The number of hydrogen-bond donors (Lipinski definition) is 1. The maximum Gasteiger partial charge on any atom is 0.0389 e. The van der Waals surface area contributed by atoms with Gasteiger partial charge in [0.25, 0.3) is 0 Å². The van der Waals surface area contributed by atoms with Gasteiger partial charge >= 0.3 is 0 Å². The van der Waals surface area contributed by atoms with Crippen molar-refractivity contribution in [1.82, 2.24) is 0 Å². The summed E-state index contributed by atoms with van der Waals surface area (Å²) in [4.78, 5) is 2.83. The molecule has 19 heavy (non-hydrogen) atoms. The molecule has 1 atom stereocenters. The van der Waals surface area contributed by atoms with E-state index in [4.69, 9.17) is 5.73 Å². The van der Waals surface area contributed by atoms with Crippen LogP contribution in [-0.4, -0.2) is 0 Å². The fourth-order valence-electron chi connectivity index (χ4n) is 2.42. The molecule has 0 saturated carbocycles. The third-order valence-electron chi connectivity index (χ3n) is 3.77. The van der Waals surface area contributed by atoms with Crippen molar-refractivity contribution in [3.05, 3.63) is 21.9 Å². The summed E-state index contributed by atoms with van der Waals surface area (Å²) in [5, 5.41) is 0. The second-order valence-electron chi connectivity index (χ2n) is 5.53. The fourth-order valence-corrected chi connectivity index (χ4v) is 3.41.